The van der Waals surface area contributed by atoms with Crippen LogP contribution in [0.3, 0.4) is 0 Å². The van der Waals surface area contributed by atoms with Crippen LogP contribution in [-0.4, -0.2) is 69.8 Å². The summed E-state index contributed by atoms with van der Waals surface area (Å²) in [6.07, 6.45) is 4.66. The van der Waals surface area contributed by atoms with E-state index < -0.39 is 6.04 Å². The number of piperazine rings is 1. The quantitative estimate of drug-likeness (QED) is 0.726. The molecule has 3 aliphatic heterocycles. The van der Waals surface area contributed by atoms with E-state index in [9.17, 15) is 19.2 Å². The summed E-state index contributed by atoms with van der Waals surface area (Å²) < 4.78 is 13.4. The minimum Gasteiger partial charge on any atom is -0.330 e. The highest BCUT2D eigenvalue weighted by molar-refractivity contribution is 5.87. The fourth-order valence-corrected chi connectivity index (χ4v) is 6.40. The van der Waals surface area contributed by atoms with Crippen LogP contribution in [0, 0.1) is 29.0 Å². The molecular formula is C24H28FN5O2. The van der Waals surface area contributed by atoms with Crippen LogP contribution in [0.1, 0.15) is 43.7 Å². The maximum atomic E-state index is 13.4. The van der Waals surface area contributed by atoms with E-state index >= 15 is 0 Å². The molecule has 0 radical (unpaired) electrons. The molecule has 5 aliphatic rings. The van der Waals surface area contributed by atoms with Crippen molar-refractivity contribution in [2.75, 3.05) is 13.1 Å². The molecule has 2 amide bonds. The Balaban J connectivity index is 1.14. The van der Waals surface area contributed by atoms with Crippen molar-refractivity contribution in [1.82, 2.24) is 14.7 Å². The first kappa shape index (κ1) is 20.1. The van der Waals surface area contributed by atoms with Gasteiger partial charge >= 0.3 is 0 Å². The van der Waals surface area contributed by atoms with Gasteiger partial charge < -0.3 is 15.5 Å². The van der Waals surface area contributed by atoms with E-state index in [0.29, 0.717) is 24.9 Å². The Hall–Kier alpha value is -2.50. The lowest BCUT2D eigenvalue weighted by atomic mass is 9.99. The predicted octanol–water partition coefficient (Wildman–Crippen LogP) is 1.40. The number of halogens is 1. The molecule has 8 heteroatoms. The molecule has 7 atom stereocenters. The predicted molar refractivity (Wildman–Crippen MR) is 113 cm³/mol. The monoisotopic (exact) mass is 437 g/mol. The number of likely N-dealkylation sites (tertiary alicyclic amines) is 3. The second kappa shape index (κ2) is 7.26. The fourth-order valence-electron chi connectivity index (χ4n) is 6.40. The molecule has 0 spiro atoms. The van der Waals surface area contributed by atoms with Gasteiger partial charge in [0.05, 0.1) is 24.2 Å². The summed E-state index contributed by atoms with van der Waals surface area (Å²) in [5.41, 5.74) is 7.31. The van der Waals surface area contributed by atoms with Gasteiger partial charge in [0.25, 0.3) is 0 Å². The normalized spacial score (nSPS) is 35.0. The van der Waals surface area contributed by atoms with E-state index in [1.54, 1.807) is 17.0 Å². The van der Waals surface area contributed by atoms with Crippen LogP contribution >= 0.6 is 0 Å². The Kier molecular flexibility index (Phi) is 4.57. The summed E-state index contributed by atoms with van der Waals surface area (Å²) in [7, 11) is 0. The number of amides is 2. The van der Waals surface area contributed by atoms with Crippen molar-refractivity contribution in [3.8, 4) is 6.07 Å². The standard InChI is InChI=1S/C24H28FN5O2/c25-16-5-3-14(4-6-16)22(13-1-2-13)30-18-9-21(24(30)32)28(11-18)12-19(27)23(31)29-17(10-26)7-15-8-20(15)29/h3-6,13,15,17-22H,1-2,7-9,11-12,27H2/t15-,17+,18?,19+,20+,21-,22-/m1/s1. The Labute approximate surface area is 186 Å². The molecule has 7 nitrogen and oxygen atoms in total. The Morgan fingerprint density at radius 2 is 1.97 bits per heavy atom. The first-order chi connectivity index (χ1) is 15.5. The van der Waals surface area contributed by atoms with E-state index in [1.807, 2.05) is 4.90 Å². The van der Waals surface area contributed by atoms with Gasteiger partial charge in [0.15, 0.2) is 0 Å². The third-order valence-corrected chi connectivity index (χ3v) is 8.15. The number of rotatable bonds is 6. The van der Waals surface area contributed by atoms with Gasteiger partial charge in [0, 0.05) is 25.2 Å². The van der Waals surface area contributed by atoms with Crippen molar-refractivity contribution in [3.63, 3.8) is 0 Å². The summed E-state index contributed by atoms with van der Waals surface area (Å²) in [4.78, 5) is 32.2. The summed E-state index contributed by atoms with van der Waals surface area (Å²) in [5, 5.41) is 9.38. The first-order valence-corrected chi connectivity index (χ1v) is 11.8. The maximum Gasteiger partial charge on any atom is 0.242 e. The summed E-state index contributed by atoms with van der Waals surface area (Å²) >= 11 is 0. The number of hydrogen-bond acceptors (Lipinski definition) is 5. The molecule has 168 valence electrons. The number of benzene rings is 1. The van der Waals surface area contributed by atoms with Gasteiger partial charge in [0.2, 0.25) is 11.8 Å². The number of piperidine rings is 1. The average molecular weight is 438 g/mol. The molecule has 2 saturated carbocycles. The van der Waals surface area contributed by atoms with E-state index in [1.165, 1.54) is 12.1 Å². The Morgan fingerprint density at radius 3 is 2.62 bits per heavy atom. The molecule has 1 aromatic carbocycles. The molecule has 0 aromatic heterocycles. The van der Waals surface area contributed by atoms with E-state index in [0.717, 1.165) is 37.7 Å². The van der Waals surface area contributed by atoms with Crippen LogP contribution in [0.4, 0.5) is 4.39 Å². The number of nitrogens with zero attached hydrogens (tertiary/aromatic N) is 4. The van der Waals surface area contributed by atoms with Crippen LogP contribution < -0.4 is 5.73 Å². The van der Waals surface area contributed by atoms with Gasteiger partial charge in [-0.2, -0.15) is 5.26 Å². The van der Waals surface area contributed by atoms with Crippen LogP contribution in [0.15, 0.2) is 24.3 Å². The third kappa shape index (κ3) is 3.13. The average Bonchev–Trinajstić information content (AvgIpc) is 3.67. The zero-order chi connectivity index (χ0) is 22.1. The number of nitriles is 1. The summed E-state index contributed by atoms with van der Waals surface area (Å²) in [6.45, 7) is 1.05. The maximum absolute atomic E-state index is 13.4. The van der Waals surface area contributed by atoms with Gasteiger partial charge in [-0.1, -0.05) is 12.1 Å². The van der Waals surface area contributed by atoms with Crippen LogP contribution in [-0.2, 0) is 9.59 Å². The number of hydrogen-bond donors (Lipinski definition) is 1. The van der Waals surface area contributed by atoms with Crippen molar-refractivity contribution in [2.45, 2.75) is 68.4 Å². The van der Waals surface area contributed by atoms with Crippen LogP contribution in [0.2, 0.25) is 0 Å². The van der Waals surface area contributed by atoms with E-state index in [4.69, 9.17) is 5.73 Å². The first-order valence-electron chi connectivity index (χ1n) is 11.8. The topological polar surface area (TPSA) is 93.7 Å². The molecule has 3 saturated heterocycles. The fraction of sp³-hybridized carbons (Fsp3) is 0.625. The van der Waals surface area contributed by atoms with Gasteiger partial charge in [-0.25, -0.2) is 4.39 Å². The molecule has 5 fully saturated rings. The minimum atomic E-state index is -0.720. The summed E-state index contributed by atoms with van der Waals surface area (Å²) in [5.74, 6) is 0.568. The molecule has 32 heavy (non-hydrogen) atoms. The van der Waals surface area contributed by atoms with Crippen molar-refractivity contribution in [2.24, 2.45) is 17.6 Å². The van der Waals surface area contributed by atoms with Crippen molar-refractivity contribution in [3.05, 3.63) is 35.6 Å². The van der Waals surface area contributed by atoms with Crippen molar-refractivity contribution < 1.29 is 14.0 Å². The Morgan fingerprint density at radius 1 is 1.22 bits per heavy atom. The van der Waals surface area contributed by atoms with Crippen molar-refractivity contribution >= 4 is 11.8 Å². The molecule has 2 bridgehead atoms. The highest BCUT2D eigenvalue weighted by Gasteiger charge is 2.57. The molecule has 2 N–H and O–H groups in total. The molecule has 3 heterocycles. The zero-order valence-electron chi connectivity index (χ0n) is 17.9. The Bertz CT molecular complexity index is 989. The molecular weight excluding hydrogens is 409 g/mol. The number of fused-ring (bicyclic) bond motifs is 3. The van der Waals surface area contributed by atoms with Gasteiger partial charge in [-0.3, -0.25) is 14.5 Å². The van der Waals surface area contributed by atoms with Crippen LogP contribution in [0.25, 0.3) is 0 Å². The number of carbonyl (C=O) groups excluding carboxylic acids is 2. The summed E-state index contributed by atoms with van der Waals surface area (Å²) in [6, 6.07) is 7.73. The lowest BCUT2D eigenvalue weighted by Crippen LogP contribution is -2.57. The smallest absolute Gasteiger partial charge is 0.242 e. The van der Waals surface area contributed by atoms with Gasteiger partial charge in [-0.05, 0) is 61.6 Å². The van der Waals surface area contributed by atoms with E-state index in [-0.39, 0.29) is 47.8 Å². The highest BCUT2D eigenvalue weighted by atomic mass is 19.1. The van der Waals surface area contributed by atoms with Gasteiger partial charge in [-0.15, -0.1) is 0 Å². The molecule has 1 unspecified atom stereocenters. The minimum absolute atomic E-state index is 0.00309. The second-order valence-electron chi connectivity index (χ2n) is 10.2. The largest absolute Gasteiger partial charge is 0.330 e. The third-order valence-electron chi connectivity index (χ3n) is 8.15. The van der Waals surface area contributed by atoms with Crippen molar-refractivity contribution in [1.29, 1.82) is 5.26 Å². The lowest BCUT2D eigenvalue weighted by molar-refractivity contribution is -0.142. The molecule has 2 aliphatic carbocycles. The van der Waals surface area contributed by atoms with E-state index in [2.05, 4.69) is 11.0 Å². The second-order valence-corrected chi connectivity index (χ2v) is 10.2. The number of carbonyl (C=O) groups is 2. The molecule has 1 aromatic rings. The zero-order valence-corrected chi connectivity index (χ0v) is 17.9. The highest BCUT2D eigenvalue weighted by Crippen LogP contribution is 2.50. The van der Waals surface area contributed by atoms with Crippen LogP contribution in [0.5, 0.6) is 0 Å². The lowest BCUT2D eigenvalue weighted by Gasteiger charge is -2.40. The molecule has 6 rings (SSSR count). The SMILES string of the molecule is N#C[C@@H]1C[C@@H]2C[C@@H]2N1C(=O)[C@@H](N)CN1CC2C[C@@H]1C(=O)N2[C@@H](c1ccc(F)cc1)C1CC1. The number of nitrogens with two attached hydrogens (primary N) is 1. The van der Waals surface area contributed by atoms with Gasteiger partial charge in [0.1, 0.15) is 11.9 Å².